The predicted octanol–water partition coefficient (Wildman–Crippen LogP) is 2.89. The molecule has 0 saturated carbocycles. The van der Waals surface area contributed by atoms with Crippen LogP contribution >= 0.6 is 11.3 Å². The van der Waals surface area contributed by atoms with Gasteiger partial charge in [-0.3, -0.25) is 10.1 Å². The molecule has 1 aromatic carbocycles. The van der Waals surface area contributed by atoms with E-state index in [0.717, 1.165) is 16.9 Å². The number of nitrogens with zero attached hydrogens (tertiary/aromatic N) is 3. The molecule has 3 amide bonds. The third kappa shape index (κ3) is 3.41. The number of benzene rings is 1. The first-order valence-electron chi connectivity index (χ1n) is 7.86. The molecule has 1 aliphatic rings. The van der Waals surface area contributed by atoms with Crippen LogP contribution in [0.5, 0.6) is 0 Å². The fraction of sp³-hybridized carbons (Fsp3) is 0.353. The van der Waals surface area contributed by atoms with Crippen molar-refractivity contribution >= 4 is 28.4 Å². The van der Waals surface area contributed by atoms with Gasteiger partial charge in [-0.25, -0.2) is 9.78 Å². The monoisotopic (exact) mass is 344 g/mol. The second-order valence-corrected chi connectivity index (χ2v) is 6.94. The third-order valence-corrected chi connectivity index (χ3v) is 4.98. The molecule has 0 radical (unpaired) electrons. The van der Waals surface area contributed by atoms with Crippen molar-refractivity contribution in [3.63, 3.8) is 0 Å². The maximum absolute atomic E-state index is 12.5. The fourth-order valence-electron chi connectivity index (χ4n) is 2.80. The van der Waals surface area contributed by atoms with Crippen LogP contribution < -0.4 is 5.32 Å². The van der Waals surface area contributed by atoms with Crippen molar-refractivity contribution in [3.05, 3.63) is 36.5 Å². The first-order valence-corrected chi connectivity index (χ1v) is 8.68. The van der Waals surface area contributed by atoms with E-state index in [9.17, 15) is 9.59 Å². The van der Waals surface area contributed by atoms with Gasteiger partial charge in [-0.15, -0.1) is 0 Å². The molecule has 2 aromatic rings. The number of rotatable bonds is 3. The van der Waals surface area contributed by atoms with E-state index in [1.807, 2.05) is 30.3 Å². The fourth-order valence-corrected chi connectivity index (χ4v) is 3.61. The minimum absolute atomic E-state index is 0.0354. The summed E-state index contributed by atoms with van der Waals surface area (Å²) in [6, 6.07) is 9.26. The van der Waals surface area contributed by atoms with E-state index in [1.165, 1.54) is 16.2 Å². The number of urea groups is 1. The number of hydrogen-bond donors (Lipinski definition) is 1. The van der Waals surface area contributed by atoms with Gasteiger partial charge in [0.25, 0.3) is 0 Å². The minimum atomic E-state index is -0.381. The normalized spacial score (nSPS) is 16.9. The van der Waals surface area contributed by atoms with E-state index in [2.05, 4.69) is 10.3 Å². The van der Waals surface area contributed by atoms with Crippen LogP contribution in [0.4, 0.5) is 9.93 Å². The molecule has 1 atom stereocenters. The van der Waals surface area contributed by atoms with Crippen molar-refractivity contribution in [1.29, 1.82) is 0 Å². The molecule has 1 aromatic heterocycles. The molecule has 24 heavy (non-hydrogen) atoms. The van der Waals surface area contributed by atoms with E-state index in [1.54, 1.807) is 25.2 Å². The van der Waals surface area contributed by atoms with Gasteiger partial charge in [-0.1, -0.05) is 41.7 Å². The van der Waals surface area contributed by atoms with E-state index in [4.69, 9.17) is 0 Å². The van der Waals surface area contributed by atoms with Crippen molar-refractivity contribution in [2.24, 2.45) is 0 Å². The Morgan fingerprint density at radius 1 is 1.29 bits per heavy atom. The zero-order valence-corrected chi connectivity index (χ0v) is 14.5. The standard InChI is InChI=1S/C17H20N4O2S/c1-20(2)15(22)13-9-6-10-21(13)17(23)19-16-18-11-14(24-16)12-7-4-3-5-8-12/h3-5,7-8,11,13H,6,9-10H2,1-2H3,(H,18,19,23)/t13-/m1/s1. The molecule has 1 fully saturated rings. The van der Waals surface area contributed by atoms with Crippen LogP contribution in [0.1, 0.15) is 12.8 Å². The van der Waals surface area contributed by atoms with Gasteiger partial charge < -0.3 is 9.80 Å². The first-order chi connectivity index (χ1) is 11.6. The molecule has 0 spiro atoms. The van der Waals surface area contributed by atoms with Gasteiger partial charge in [0.05, 0.1) is 4.88 Å². The molecule has 0 bridgehead atoms. The number of nitrogens with one attached hydrogen (secondary N) is 1. The minimum Gasteiger partial charge on any atom is -0.347 e. The number of carbonyl (C=O) groups excluding carboxylic acids is 2. The average molecular weight is 344 g/mol. The van der Waals surface area contributed by atoms with Crippen LogP contribution in [-0.2, 0) is 4.79 Å². The van der Waals surface area contributed by atoms with E-state index in [-0.39, 0.29) is 18.0 Å². The number of amides is 3. The Hall–Kier alpha value is -2.41. The van der Waals surface area contributed by atoms with E-state index < -0.39 is 0 Å². The second-order valence-electron chi connectivity index (χ2n) is 5.91. The highest BCUT2D eigenvalue weighted by atomic mass is 32.1. The Kier molecular flexibility index (Phi) is 4.80. The van der Waals surface area contributed by atoms with Crippen LogP contribution in [0.2, 0.25) is 0 Å². The number of carbonyl (C=O) groups is 2. The number of likely N-dealkylation sites (tertiary alicyclic amines) is 1. The molecule has 3 rings (SSSR count). The number of likely N-dealkylation sites (N-methyl/N-ethyl adjacent to an activating group) is 1. The van der Waals surface area contributed by atoms with Crippen molar-refractivity contribution in [2.75, 3.05) is 26.0 Å². The zero-order valence-electron chi connectivity index (χ0n) is 13.7. The highest BCUT2D eigenvalue weighted by Gasteiger charge is 2.35. The van der Waals surface area contributed by atoms with Crippen LogP contribution in [0.3, 0.4) is 0 Å². The molecule has 7 heteroatoms. The molecule has 1 saturated heterocycles. The van der Waals surface area contributed by atoms with Gasteiger partial charge in [0.1, 0.15) is 6.04 Å². The molecule has 1 N–H and O–H groups in total. The predicted molar refractivity (Wildman–Crippen MR) is 95.0 cm³/mol. The summed E-state index contributed by atoms with van der Waals surface area (Å²) in [5.74, 6) is -0.0354. The van der Waals surface area contributed by atoms with Gasteiger partial charge in [-0.05, 0) is 18.4 Å². The maximum Gasteiger partial charge on any atom is 0.324 e. The van der Waals surface area contributed by atoms with Gasteiger partial charge >= 0.3 is 6.03 Å². The van der Waals surface area contributed by atoms with E-state index in [0.29, 0.717) is 18.1 Å². The summed E-state index contributed by atoms with van der Waals surface area (Å²) in [7, 11) is 3.42. The molecule has 0 unspecified atom stereocenters. The summed E-state index contributed by atoms with van der Waals surface area (Å²) in [4.78, 5) is 33.1. The highest BCUT2D eigenvalue weighted by Crippen LogP contribution is 2.29. The zero-order chi connectivity index (χ0) is 17.1. The highest BCUT2D eigenvalue weighted by molar-refractivity contribution is 7.19. The van der Waals surface area contributed by atoms with Gasteiger partial charge in [0.2, 0.25) is 5.91 Å². The Labute approximate surface area is 145 Å². The quantitative estimate of drug-likeness (QED) is 0.931. The first kappa shape index (κ1) is 16.4. The Morgan fingerprint density at radius 3 is 2.75 bits per heavy atom. The summed E-state index contributed by atoms with van der Waals surface area (Å²) in [6.45, 7) is 0.590. The van der Waals surface area contributed by atoms with Crippen molar-refractivity contribution in [2.45, 2.75) is 18.9 Å². The van der Waals surface area contributed by atoms with E-state index >= 15 is 0 Å². The van der Waals surface area contributed by atoms with Crippen LogP contribution in [0.25, 0.3) is 10.4 Å². The van der Waals surface area contributed by atoms with Crippen molar-refractivity contribution in [1.82, 2.24) is 14.8 Å². The molecular weight excluding hydrogens is 324 g/mol. The SMILES string of the molecule is CN(C)C(=O)[C@H]1CCCN1C(=O)Nc1ncc(-c2ccccc2)s1. The third-order valence-electron chi connectivity index (χ3n) is 4.02. The van der Waals surface area contributed by atoms with Crippen LogP contribution in [-0.4, -0.2) is 53.4 Å². The summed E-state index contributed by atoms with van der Waals surface area (Å²) >= 11 is 1.42. The molecule has 126 valence electrons. The molecule has 0 aliphatic carbocycles. The number of anilines is 1. The lowest BCUT2D eigenvalue weighted by Gasteiger charge is -2.25. The average Bonchev–Trinajstić information content (AvgIpc) is 3.24. The largest absolute Gasteiger partial charge is 0.347 e. The van der Waals surface area contributed by atoms with Crippen molar-refractivity contribution in [3.8, 4) is 10.4 Å². The Bertz CT molecular complexity index is 729. The van der Waals surface area contributed by atoms with Gasteiger partial charge in [0, 0.05) is 26.8 Å². The van der Waals surface area contributed by atoms with Gasteiger partial charge in [0.15, 0.2) is 5.13 Å². The summed E-state index contributed by atoms with van der Waals surface area (Å²) in [5.41, 5.74) is 1.07. The molecule has 2 heterocycles. The lowest BCUT2D eigenvalue weighted by atomic mass is 10.2. The lowest BCUT2D eigenvalue weighted by Crippen LogP contribution is -2.47. The summed E-state index contributed by atoms with van der Waals surface area (Å²) < 4.78 is 0. The number of thiazole rings is 1. The second kappa shape index (κ2) is 7.00. The molecular formula is C17H20N4O2S. The smallest absolute Gasteiger partial charge is 0.324 e. The van der Waals surface area contributed by atoms with Crippen molar-refractivity contribution < 1.29 is 9.59 Å². The maximum atomic E-state index is 12.5. The molecule has 6 nitrogen and oxygen atoms in total. The topological polar surface area (TPSA) is 65.5 Å². The van der Waals surface area contributed by atoms with Crippen LogP contribution in [0.15, 0.2) is 36.5 Å². The number of aromatic nitrogens is 1. The lowest BCUT2D eigenvalue weighted by molar-refractivity contribution is -0.132. The number of hydrogen-bond acceptors (Lipinski definition) is 4. The Morgan fingerprint density at radius 2 is 2.04 bits per heavy atom. The van der Waals surface area contributed by atoms with Crippen LogP contribution in [0, 0.1) is 0 Å². The molecule has 1 aliphatic heterocycles. The summed E-state index contributed by atoms with van der Waals surface area (Å²) in [6.07, 6.45) is 3.30. The summed E-state index contributed by atoms with van der Waals surface area (Å²) in [5, 5.41) is 3.36. The van der Waals surface area contributed by atoms with Gasteiger partial charge in [-0.2, -0.15) is 0 Å². The Balaban J connectivity index is 1.69.